The third kappa shape index (κ3) is 3.31. The van der Waals surface area contributed by atoms with Gasteiger partial charge in [0.15, 0.2) is 0 Å². The van der Waals surface area contributed by atoms with Gasteiger partial charge in [0.1, 0.15) is 11.6 Å². The molecule has 0 saturated heterocycles. The van der Waals surface area contributed by atoms with Gasteiger partial charge in [-0.3, -0.25) is 5.41 Å². The molecule has 0 unspecified atom stereocenters. The molecule has 110 valence electrons. The molecule has 21 heavy (non-hydrogen) atoms. The zero-order chi connectivity index (χ0) is 15.4. The SMILES string of the molecule is CCc1nnc(Oc2ccc(Cl)cc2)c(C(=N)N)c1CC. The number of benzene rings is 1. The minimum Gasteiger partial charge on any atom is -0.437 e. The van der Waals surface area contributed by atoms with Gasteiger partial charge in [0.05, 0.1) is 11.3 Å². The van der Waals surface area contributed by atoms with Gasteiger partial charge in [0, 0.05) is 5.02 Å². The smallest absolute Gasteiger partial charge is 0.250 e. The van der Waals surface area contributed by atoms with E-state index in [4.69, 9.17) is 27.5 Å². The monoisotopic (exact) mass is 304 g/mol. The second-order valence-electron chi connectivity index (χ2n) is 4.48. The number of aryl methyl sites for hydroxylation is 1. The molecular weight excluding hydrogens is 288 g/mol. The van der Waals surface area contributed by atoms with Crippen molar-refractivity contribution in [2.75, 3.05) is 0 Å². The van der Waals surface area contributed by atoms with E-state index in [1.165, 1.54) is 0 Å². The Bertz CT molecular complexity index is 655. The maximum atomic E-state index is 7.80. The van der Waals surface area contributed by atoms with E-state index in [1.807, 2.05) is 13.8 Å². The molecule has 0 aliphatic carbocycles. The molecule has 1 heterocycles. The van der Waals surface area contributed by atoms with Gasteiger partial charge in [-0.2, -0.15) is 5.10 Å². The van der Waals surface area contributed by atoms with Crippen LogP contribution in [0.25, 0.3) is 0 Å². The molecule has 0 fully saturated rings. The number of hydrogen-bond donors (Lipinski definition) is 2. The highest BCUT2D eigenvalue weighted by molar-refractivity contribution is 6.30. The first kappa shape index (κ1) is 15.3. The number of amidine groups is 1. The number of halogens is 1. The summed E-state index contributed by atoms with van der Waals surface area (Å²) in [4.78, 5) is 0. The first-order valence-electron chi connectivity index (χ1n) is 6.73. The number of nitrogens with two attached hydrogens (primary N) is 1. The second-order valence-corrected chi connectivity index (χ2v) is 4.92. The van der Waals surface area contributed by atoms with Crippen LogP contribution >= 0.6 is 11.6 Å². The van der Waals surface area contributed by atoms with E-state index in [1.54, 1.807) is 24.3 Å². The Labute approximate surface area is 128 Å². The molecule has 0 aliphatic heterocycles. The van der Waals surface area contributed by atoms with Crippen molar-refractivity contribution in [3.05, 3.63) is 46.1 Å². The number of nitrogens with zero attached hydrogens (tertiary/aromatic N) is 2. The molecule has 2 rings (SSSR count). The third-order valence-electron chi connectivity index (χ3n) is 3.11. The van der Waals surface area contributed by atoms with Crippen LogP contribution in [0.1, 0.15) is 30.7 Å². The largest absolute Gasteiger partial charge is 0.437 e. The molecule has 0 amide bonds. The molecule has 0 atom stereocenters. The van der Waals surface area contributed by atoms with E-state index in [9.17, 15) is 0 Å². The molecule has 0 saturated carbocycles. The van der Waals surface area contributed by atoms with Crippen LogP contribution in [-0.2, 0) is 12.8 Å². The molecule has 0 spiro atoms. The summed E-state index contributed by atoms with van der Waals surface area (Å²) in [6.45, 7) is 3.99. The summed E-state index contributed by atoms with van der Waals surface area (Å²) in [6.07, 6.45) is 1.45. The molecule has 3 N–H and O–H groups in total. The van der Waals surface area contributed by atoms with Crippen molar-refractivity contribution in [2.45, 2.75) is 26.7 Å². The predicted molar refractivity (Wildman–Crippen MR) is 83.3 cm³/mol. The van der Waals surface area contributed by atoms with Gasteiger partial charge in [0.25, 0.3) is 0 Å². The van der Waals surface area contributed by atoms with Gasteiger partial charge in [0.2, 0.25) is 5.88 Å². The van der Waals surface area contributed by atoms with Gasteiger partial charge in [-0.15, -0.1) is 5.10 Å². The van der Waals surface area contributed by atoms with Crippen LogP contribution in [0.15, 0.2) is 24.3 Å². The normalized spacial score (nSPS) is 10.4. The van der Waals surface area contributed by atoms with Crippen molar-refractivity contribution in [1.82, 2.24) is 10.2 Å². The highest BCUT2D eigenvalue weighted by Gasteiger charge is 2.18. The average Bonchev–Trinajstić information content (AvgIpc) is 2.48. The number of nitrogen functional groups attached to an aromatic ring is 1. The fourth-order valence-corrected chi connectivity index (χ4v) is 2.24. The molecule has 0 aliphatic rings. The zero-order valence-corrected chi connectivity index (χ0v) is 12.7. The highest BCUT2D eigenvalue weighted by Crippen LogP contribution is 2.27. The van der Waals surface area contributed by atoms with E-state index in [-0.39, 0.29) is 11.7 Å². The number of hydrogen-bond acceptors (Lipinski definition) is 4. The first-order valence-corrected chi connectivity index (χ1v) is 7.10. The molecule has 1 aromatic carbocycles. The van der Waals surface area contributed by atoms with Crippen molar-refractivity contribution in [3.63, 3.8) is 0 Å². The van der Waals surface area contributed by atoms with E-state index in [2.05, 4.69) is 10.2 Å². The lowest BCUT2D eigenvalue weighted by atomic mass is 10.0. The van der Waals surface area contributed by atoms with Crippen LogP contribution in [-0.4, -0.2) is 16.0 Å². The summed E-state index contributed by atoms with van der Waals surface area (Å²) >= 11 is 5.85. The lowest BCUT2D eigenvalue weighted by molar-refractivity contribution is 0.451. The van der Waals surface area contributed by atoms with Crippen LogP contribution in [0.5, 0.6) is 11.6 Å². The average molecular weight is 305 g/mol. The van der Waals surface area contributed by atoms with Gasteiger partial charge < -0.3 is 10.5 Å². The molecule has 5 nitrogen and oxygen atoms in total. The van der Waals surface area contributed by atoms with E-state index >= 15 is 0 Å². The van der Waals surface area contributed by atoms with Crippen LogP contribution < -0.4 is 10.5 Å². The Kier molecular flexibility index (Phi) is 4.75. The highest BCUT2D eigenvalue weighted by atomic mass is 35.5. The zero-order valence-electron chi connectivity index (χ0n) is 12.0. The Balaban J connectivity index is 2.48. The minimum absolute atomic E-state index is 0.0691. The van der Waals surface area contributed by atoms with Crippen LogP contribution in [0.3, 0.4) is 0 Å². The van der Waals surface area contributed by atoms with E-state index < -0.39 is 0 Å². The van der Waals surface area contributed by atoms with Crippen molar-refractivity contribution in [2.24, 2.45) is 5.73 Å². The first-order chi connectivity index (χ1) is 10.1. The molecule has 6 heteroatoms. The van der Waals surface area contributed by atoms with Gasteiger partial charge >= 0.3 is 0 Å². The second kappa shape index (κ2) is 6.54. The van der Waals surface area contributed by atoms with Crippen LogP contribution in [0, 0.1) is 5.41 Å². The fraction of sp³-hybridized carbons (Fsp3) is 0.267. The summed E-state index contributed by atoms with van der Waals surface area (Å²) in [7, 11) is 0. The predicted octanol–water partition coefficient (Wildman–Crippen LogP) is 3.33. The topological polar surface area (TPSA) is 84.9 Å². The van der Waals surface area contributed by atoms with Crippen LogP contribution in [0.4, 0.5) is 0 Å². The van der Waals surface area contributed by atoms with Gasteiger partial charge in [-0.05, 0) is 42.7 Å². The number of ether oxygens (including phenoxy) is 1. The van der Waals surface area contributed by atoms with E-state index in [0.717, 1.165) is 17.7 Å². The summed E-state index contributed by atoms with van der Waals surface area (Å²) < 4.78 is 5.71. The van der Waals surface area contributed by atoms with Gasteiger partial charge in [-0.1, -0.05) is 25.4 Å². The summed E-state index contributed by atoms with van der Waals surface area (Å²) in [6, 6.07) is 6.90. The fourth-order valence-electron chi connectivity index (χ4n) is 2.12. The molecular formula is C15H17ClN4O. The number of aromatic nitrogens is 2. The van der Waals surface area contributed by atoms with Crippen molar-refractivity contribution >= 4 is 17.4 Å². The minimum atomic E-state index is -0.0691. The summed E-state index contributed by atoms with van der Waals surface area (Å²) in [5.41, 5.74) is 7.97. The van der Waals surface area contributed by atoms with Crippen molar-refractivity contribution < 1.29 is 4.74 Å². The van der Waals surface area contributed by atoms with Crippen LogP contribution in [0.2, 0.25) is 5.02 Å². The molecule has 0 radical (unpaired) electrons. The Morgan fingerprint density at radius 2 is 1.86 bits per heavy atom. The van der Waals surface area contributed by atoms with Crippen molar-refractivity contribution in [1.29, 1.82) is 5.41 Å². The number of rotatable bonds is 5. The maximum absolute atomic E-state index is 7.80. The molecule has 0 bridgehead atoms. The quantitative estimate of drug-likeness (QED) is 0.655. The lowest BCUT2D eigenvalue weighted by Gasteiger charge is -2.14. The lowest BCUT2D eigenvalue weighted by Crippen LogP contribution is -2.18. The van der Waals surface area contributed by atoms with E-state index in [0.29, 0.717) is 22.8 Å². The Hall–Kier alpha value is -2.14. The summed E-state index contributed by atoms with van der Waals surface area (Å²) in [5.74, 6) is 0.752. The summed E-state index contributed by atoms with van der Waals surface area (Å²) in [5, 5.41) is 16.7. The Morgan fingerprint density at radius 3 is 2.38 bits per heavy atom. The van der Waals surface area contributed by atoms with Crippen molar-refractivity contribution in [3.8, 4) is 11.6 Å². The molecule has 1 aromatic heterocycles. The number of nitrogens with one attached hydrogen (secondary N) is 1. The standard InChI is InChI=1S/C15H17ClN4O/c1-3-11-12(4-2)19-20-15(13(11)14(17)18)21-10-7-5-9(16)6-8-10/h5-8H,3-4H2,1-2H3,(H3,17,18). The Morgan fingerprint density at radius 1 is 1.19 bits per heavy atom. The maximum Gasteiger partial charge on any atom is 0.250 e. The third-order valence-corrected chi connectivity index (χ3v) is 3.36. The van der Waals surface area contributed by atoms with Gasteiger partial charge in [-0.25, -0.2) is 0 Å². The molecule has 2 aromatic rings.